The Morgan fingerprint density at radius 3 is 2.83 bits per heavy atom. The van der Waals surface area contributed by atoms with Crippen LogP contribution in [0.15, 0.2) is 47.5 Å². The zero-order valence-corrected chi connectivity index (χ0v) is 14.8. The van der Waals surface area contributed by atoms with Crippen LogP contribution < -0.4 is 10.2 Å². The van der Waals surface area contributed by atoms with Crippen LogP contribution >= 0.6 is 11.8 Å². The van der Waals surface area contributed by atoms with Gasteiger partial charge in [0.05, 0.1) is 11.8 Å². The minimum Gasteiger partial charge on any atom is -0.363 e. The first-order chi connectivity index (χ1) is 11.5. The first kappa shape index (κ1) is 17.8. The second-order valence-corrected chi connectivity index (χ2v) is 7.02. The van der Waals surface area contributed by atoms with Crippen molar-refractivity contribution in [3.05, 3.63) is 48.2 Å². The lowest BCUT2D eigenvalue weighted by Crippen LogP contribution is -2.15. The van der Waals surface area contributed by atoms with Crippen LogP contribution in [-0.4, -0.2) is 30.2 Å². The molecule has 0 aliphatic heterocycles. The van der Waals surface area contributed by atoms with Crippen LogP contribution in [0.25, 0.3) is 0 Å². The van der Waals surface area contributed by atoms with Crippen molar-refractivity contribution < 1.29 is 4.79 Å². The molecule has 0 aliphatic rings. The molecule has 24 heavy (non-hydrogen) atoms. The molecule has 0 fully saturated rings. The third kappa shape index (κ3) is 4.74. The van der Waals surface area contributed by atoms with Gasteiger partial charge < -0.3 is 10.2 Å². The number of benzene rings is 1. The van der Waals surface area contributed by atoms with Crippen LogP contribution in [0.1, 0.15) is 23.7 Å². The van der Waals surface area contributed by atoms with E-state index in [0.29, 0.717) is 12.0 Å². The fourth-order valence-corrected chi connectivity index (χ4v) is 3.05. The molecule has 1 amide bonds. The average molecular weight is 340 g/mol. The minimum absolute atomic E-state index is 0.161. The summed E-state index contributed by atoms with van der Waals surface area (Å²) in [4.78, 5) is 19.6. The van der Waals surface area contributed by atoms with Gasteiger partial charge in [0.2, 0.25) is 0 Å². The molecule has 1 atom stereocenters. The molecule has 0 aliphatic carbocycles. The quantitative estimate of drug-likeness (QED) is 0.810. The molecule has 124 valence electrons. The van der Waals surface area contributed by atoms with Gasteiger partial charge in [-0.1, -0.05) is 19.1 Å². The molecule has 1 unspecified atom stereocenters. The van der Waals surface area contributed by atoms with Crippen molar-refractivity contribution in [2.45, 2.75) is 23.5 Å². The van der Waals surface area contributed by atoms with Crippen molar-refractivity contribution >= 4 is 29.2 Å². The van der Waals surface area contributed by atoms with Crippen molar-refractivity contribution in [3.63, 3.8) is 0 Å². The van der Waals surface area contributed by atoms with Crippen LogP contribution in [0.2, 0.25) is 0 Å². The van der Waals surface area contributed by atoms with Crippen molar-refractivity contribution in [1.82, 2.24) is 4.98 Å². The summed E-state index contributed by atoms with van der Waals surface area (Å²) in [6.45, 7) is 2.00. The second kappa shape index (κ2) is 8.37. The standard InChI is InChI=1S/C18H20N4OS/c1-13(8-10-19)24-16-7-5-4-6-15(16)21-18(23)14-9-11-20-17(12-14)22(2)3/h4-7,9,11-13H,8H2,1-3H3,(H,21,23). The average Bonchev–Trinajstić information content (AvgIpc) is 2.57. The monoisotopic (exact) mass is 340 g/mol. The topological polar surface area (TPSA) is 69.0 Å². The summed E-state index contributed by atoms with van der Waals surface area (Å²) in [6.07, 6.45) is 2.09. The van der Waals surface area contributed by atoms with E-state index in [4.69, 9.17) is 5.26 Å². The predicted molar refractivity (Wildman–Crippen MR) is 98.5 cm³/mol. The number of nitrogens with zero attached hydrogens (tertiary/aromatic N) is 3. The van der Waals surface area contributed by atoms with E-state index in [1.54, 1.807) is 30.1 Å². The van der Waals surface area contributed by atoms with Gasteiger partial charge in [0.25, 0.3) is 5.91 Å². The van der Waals surface area contributed by atoms with Crippen molar-refractivity contribution in [1.29, 1.82) is 5.26 Å². The number of amides is 1. The lowest BCUT2D eigenvalue weighted by molar-refractivity contribution is 0.102. The van der Waals surface area contributed by atoms with E-state index in [0.717, 1.165) is 16.4 Å². The lowest BCUT2D eigenvalue weighted by atomic mass is 10.2. The number of hydrogen-bond acceptors (Lipinski definition) is 5. The largest absolute Gasteiger partial charge is 0.363 e. The molecule has 1 heterocycles. The number of rotatable bonds is 6. The van der Waals surface area contributed by atoms with Gasteiger partial charge in [-0.2, -0.15) is 5.26 Å². The summed E-state index contributed by atoms with van der Waals surface area (Å²) in [5, 5.41) is 11.9. The third-order valence-corrected chi connectivity index (χ3v) is 4.49. The molecule has 2 rings (SSSR count). The van der Waals surface area contributed by atoms with Crippen LogP contribution in [-0.2, 0) is 0 Å². The van der Waals surface area contributed by atoms with Crippen LogP contribution in [0.3, 0.4) is 0 Å². The number of hydrogen-bond donors (Lipinski definition) is 1. The molecule has 5 nitrogen and oxygen atoms in total. The Morgan fingerprint density at radius 2 is 2.12 bits per heavy atom. The van der Waals surface area contributed by atoms with Gasteiger partial charge in [-0.25, -0.2) is 4.98 Å². The summed E-state index contributed by atoms with van der Waals surface area (Å²) < 4.78 is 0. The third-order valence-electron chi connectivity index (χ3n) is 3.31. The molecule has 1 N–H and O–H groups in total. The summed E-state index contributed by atoms with van der Waals surface area (Å²) in [5.74, 6) is 0.550. The molecular formula is C18H20N4OS. The summed E-state index contributed by atoms with van der Waals surface area (Å²) in [7, 11) is 3.76. The van der Waals surface area contributed by atoms with E-state index in [2.05, 4.69) is 16.4 Å². The molecular weight excluding hydrogens is 320 g/mol. The normalized spacial score (nSPS) is 11.4. The maximum Gasteiger partial charge on any atom is 0.255 e. The molecule has 0 saturated heterocycles. The number of carbonyl (C=O) groups is 1. The molecule has 0 bridgehead atoms. The number of nitriles is 1. The SMILES string of the molecule is CC(CC#N)Sc1ccccc1NC(=O)c1ccnc(N(C)C)c1. The van der Waals surface area contributed by atoms with E-state index >= 15 is 0 Å². The number of carbonyl (C=O) groups excluding carboxylic acids is 1. The Labute approximate surface area is 146 Å². The molecule has 1 aromatic carbocycles. The number of anilines is 2. The molecule has 6 heteroatoms. The van der Waals surface area contributed by atoms with Crippen LogP contribution in [0.4, 0.5) is 11.5 Å². The highest BCUT2D eigenvalue weighted by Crippen LogP contribution is 2.31. The molecule has 1 aromatic heterocycles. The van der Waals surface area contributed by atoms with Gasteiger partial charge in [-0.3, -0.25) is 4.79 Å². The summed E-state index contributed by atoms with van der Waals surface area (Å²) >= 11 is 1.58. The van der Waals surface area contributed by atoms with E-state index in [9.17, 15) is 4.79 Å². The zero-order valence-electron chi connectivity index (χ0n) is 14.0. The first-order valence-corrected chi connectivity index (χ1v) is 8.46. The van der Waals surface area contributed by atoms with Crippen LogP contribution in [0.5, 0.6) is 0 Å². The number of pyridine rings is 1. The van der Waals surface area contributed by atoms with Crippen molar-refractivity contribution in [2.24, 2.45) is 0 Å². The number of aromatic nitrogens is 1. The Balaban J connectivity index is 2.17. The number of thioether (sulfide) groups is 1. The summed E-state index contributed by atoms with van der Waals surface area (Å²) in [6, 6.07) is 13.2. The first-order valence-electron chi connectivity index (χ1n) is 7.58. The molecule has 0 spiro atoms. The van der Waals surface area contributed by atoms with Gasteiger partial charge in [-0.05, 0) is 24.3 Å². The Kier molecular flexibility index (Phi) is 6.21. The minimum atomic E-state index is -0.179. The molecule has 0 radical (unpaired) electrons. The van der Waals surface area contributed by atoms with Crippen LogP contribution in [0, 0.1) is 11.3 Å². The lowest BCUT2D eigenvalue weighted by Gasteiger charge is -2.14. The molecule has 0 saturated carbocycles. The van der Waals surface area contributed by atoms with Gasteiger partial charge in [0.15, 0.2) is 0 Å². The highest BCUT2D eigenvalue weighted by molar-refractivity contribution is 8.00. The Morgan fingerprint density at radius 1 is 1.38 bits per heavy atom. The highest BCUT2D eigenvalue weighted by atomic mass is 32.2. The van der Waals surface area contributed by atoms with Gasteiger partial charge in [0, 0.05) is 42.4 Å². The Bertz CT molecular complexity index is 755. The van der Waals surface area contributed by atoms with Crippen molar-refractivity contribution in [3.8, 4) is 6.07 Å². The van der Waals surface area contributed by atoms with E-state index in [1.807, 2.05) is 50.2 Å². The Hall–Kier alpha value is -2.52. The maximum atomic E-state index is 12.5. The van der Waals surface area contributed by atoms with E-state index in [-0.39, 0.29) is 11.2 Å². The number of nitrogens with one attached hydrogen (secondary N) is 1. The predicted octanol–water partition coefficient (Wildman–Crippen LogP) is 3.79. The van der Waals surface area contributed by atoms with E-state index < -0.39 is 0 Å². The summed E-state index contributed by atoms with van der Waals surface area (Å²) in [5.41, 5.74) is 1.30. The van der Waals surface area contributed by atoms with Crippen molar-refractivity contribution in [2.75, 3.05) is 24.3 Å². The maximum absolute atomic E-state index is 12.5. The fourth-order valence-electron chi connectivity index (χ4n) is 2.06. The zero-order chi connectivity index (χ0) is 17.5. The highest BCUT2D eigenvalue weighted by Gasteiger charge is 2.12. The fraction of sp³-hybridized carbons (Fsp3) is 0.278. The second-order valence-electron chi connectivity index (χ2n) is 5.54. The van der Waals surface area contributed by atoms with Gasteiger partial charge in [-0.15, -0.1) is 11.8 Å². The molecule has 2 aromatic rings. The number of para-hydroxylation sites is 1. The smallest absolute Gasteiger partial charge is 0.255 e. The van der Waals surface area contributed by atoms with Gasteiger partial charge in [0.1, 0.15) is 5.82 Å². The van der Waals surface area contributed by atoms with E-state index in [1.165, 1.54) is 0 Å². The van der Waals surface area contributed by atoms with Gasteiger partial charge >= 0.3 is 0 Å².